The molecule has 0 fully saturated rings. The van der Waals surface area contributed by atoms with E-state index in [0.717, 1.165) is 10.7 Å². The van der Waals surface area contributed by atoms with Gasteiger partial charge in [-0.15, -0.1) is 0 Å². The van der Waals surface area contributed by atoms with Crippen LogP contribution in [0, 0.1) is 6.92 Å². The van der Waals surface area contributed by atoms with Gasteiger partial charge in [0.2, 0.25) is 10.0 Å². The average molecular weight is 299 g/mol. The standard InChI is InChI=1S/C7H9NO2S.C6H6ClN/c1-6-4-2-3-5-7(6)11(8,9)10;7-5-1-3-6(8)4-2-5/h2-5H,1H3,(H2,8,9,10);1-4H,8H2. The highest BCUT2D eigenvalue weighted by Gasteiger charge is 2.08. The molecule has 0 aromatic heterocycles. The second-order valence-corrected chi connectivity index (χ2v) is 5.83. The third-order valence-corrected chi connectivity index (χ3v) is 3.59. The predicted molar refractivity (Wildman–Crippen MR) is 78.4 cm³/mol. The van der Waals surface area contributed by atoms with Crippen molar-refractivity contribution in [3.63, 3.8) is 0 Å². The number of halogens is 1. The highest BCUT2D eigenvalue weighted by Crippen LogP contribution is 2.11. The molecule has 6 heteroatoms. The van der Waals surface area contributed by atoms with Gasteiger partial charge in [-0.25, -0.2) is 13.6 Å². The molecule has 2 aromatic rings. The Hall–Kier alpha value is -1.56. The number of hydrogen-bond donors (Lipinski definition) is 2. The second-order valence-electron chi connectivity index (χ2n) is 3.86. The zero-order valence-electron chi connectivity index (χ0n) is 10.4. The molecule has 0 bridgehead atoms. The zero-order valence-corrected chi connectivity index (χ0v) is 11.9. The van der Waals surface area contributed by atoms with Crippen molar-refractivity contribution in [3.05, 3.63) is 59.1 Å². The molecule has 4 N–H and O–H groups in total. The monoisotopic (exact) mass is 298 g/mol. The maximum absolute atomic E-state index is 10.8. The summed E-state index contributed by atoms with van der Waals surface area (Å²) in [5.74, 6) is 0. The van der Waals surface area contributed by atoms with Crippen LogP contribution in [-0.4, -0.2) is 8.42 Å². The first kappa shape index (κ1) is 15.5. The normalized spacial score (nSPS) is 10.5. The van der Waals surface area contributed by atoms with Gasteiger partial charge in [0.1, 0.15) is 0 Å². The summed E-state index contributed by atoms with van der Waals surface area (Å²) in [4.78, 5) is 0.194. The Kier molecular flexibility index (Phi) is 5.35. The minimum Gasteiger partial charge on any atom is -0.399 e. The molecule has 0 aliphatic heterocycles. The van der Waals surface area contributed by atoms with Crippen molar-refractivity contribution < 1.29 is 8.42 Å². The number of anilines is 1. The summed E-state index contributed by atoms with van der Waals surface area (Å²) in [5.41, 5.74) is 6.79. The van der Waals surface area contributed by atoms with Crippen LogP contribution in [0.5, 0.6) is 0 Å². The Morgan fingerprint density at radius 1 is 1.00 bits per heavy atom. The first-order valence-electron chi connectivity index (χ1n) is 5.40. The number of benzene rings is 2. The fraction of sp³-hybridized carbons (Fsp3) is 0.0769. The fourth-order valence-corrected chi connectivity index (χ4v) is 2.25. The zero-order chi connectivity index (χ0) is 14.5. The SMILES string of the molecule is Cc1ccccc1S(N)(=O)=O.Nc1ccc(Cl)cc1. The average Bonchev–Trinajstić information content (AvgIpc) is 2.33. The first-order chi connectivity index (χ1) is 8.80. The van der Waals surface area contributed by atoms with Crippen LogP contribution in [0.15, 0.2) is 53.4 Å². The van der Waals surface area contributed by atoms with Crippen molar-refractivity contribution in [2.75, 3.05) is 5.73 Å². The number of rotatable bonds is 1. The molecule has 0 aliphatic carbocycles. The molecule has 19 heavy (non-hydrogen) atoms. The Labute approximate surface area is 118 Å². The summed E-state index contributed by atoms with van der Waals surface area (Å²) in [6.07, 6.45) is 0. The van der Waals surface area contributed by atoms with Crippen LogP contribution in [0.3, 0.4) is 0 Å². The maximum Gasteiger partial charge on any atom is 0.238 e. The molecular formula is C13H15ClN2O2S. The van der Waals surface area contributed by atoms with Crippen LogP contribution in [0.4, 0.5) is 5.69 Å². The molecule has 2 rings (SSSR count). The van der Waals surface area contributed by atoms with Gasteiger partial charge in [0.05, 0.1) is 4.90 Å². The van der Waals surface area contributed by atoms with Crippen LogP contribution in [0.2, 0.25) is 5.02 Å². The molecule has 2 aromatic carbocycles. The molecule has 0 unspecified atom stereocenters. The lowest BCUT2D eigenvalue weighted by molar-refractivity contribution is 0.597. The van der Waals surface area contributed by atoms with Gasteiger partial charge in [0, 0.05) is 10.7 Å². The molecule has 4 nitrogen and oxygen atoms in total. The van der Waals surface area contributed by atoms with Gasteiger partial charge >= 0.3 is 0 Å². The van der Waals surface area contributed by atoms with E-state index in [0.29, 0.717) is 5.56 Å². The summed E-state index contributed by atoms with van der Waals surface area (Å²) in [6, 6.07) is 13.7. The molecule has 0 saturated heterocycles. The summed E-state index contributed by atoms with van der Waals surface area (Å²) < 4.78 is 21.7. The molecule has 0 atom stereocenters. The molecule has 0 saturated carbocycles. The highest BCUT2D eigenvalue weighted by molar-refractivity contribution is 7.89. The molecular weight excluding hydrogens is 284 g/mol. The smallest absolute Gasteiger partial charge is 0.238 e. The van der Waals surface area contributed by atoms with E-state index in [1.54, 1.807) is 49.4 Å². The molecule has 0 aliphatic rings. The van der Waals surface area contributed by atoms with E-state index in [4.69, 9.17) is 22.5 Å². The summed E-state index contributed by atoms with van der Waals surface area (Å²) in [5, 5.41) is 5.65. The quantitative estimate of drug-likeness (QED) is 0.793. The van der Waals surface area contributed by atoms with Crippen molar-refractivity contribution in [1.29, 1.82) is 0 Å². The van der Waals surface area contributed by atoms with Crippen molar-refractivity contribution in [2.24, 2.45) is 5.14 Å². The molecule has 0 amide bonds. The molecule has 0 heterocycles. The van der Waals surface area contributed by atoms with E-state index in [-0.39, 0.29) is 4.90 Å². The Morgan fingerprint density at radius 3 is 1.89 bits per heavy atom. The van der Waals surface area contributed by atoms with Crippen molar-refractivity contribution in [3.8, 4) is 0 Å². The van der Waals surface area contributed by atoms with E-state index < -0.39 is 10.0 Å². The number of nitrogens with two attached hydrogens (primary N) is 2. The van der Waals surface area contributed by atoms with Crippen LogP contribution in [0.1, 0.15) is 5.56 Å². The van der Waals surface area contributed by atoms with Crippen molar-refractivity contribution in [2.45, 2.75) is 11.8 Å². The van der Waals surface area contributed by atoms with Crippen LogP contribution in [-0.2, 0) is 10.0 Å². The number of hydrogen-bond acceptors (Lipinski definition) is 3. The number of sulfonamides is 1. The van der Waals surface area contributed by atoms with Gasteiger partial charge in [-0.2, -0.15) is 0 Å². The highest BCUT2D eigenvalue weighted by atomic mass is 35.5. The van der Waals surface area contributed by atoms with E-state index in [9.17, 15) is 8.42 Å². The summed E-state index contributed by atoms with van der Waals surface area (Å²) >= 11 is 5.56. The van der Waals surface area contributed by atoms with Gasteiger partial charge in [-0.05, 0) is 42.8 Å². The minimum atomic E-state index is -3.53. The third kappa shape index (κ3) is 5.30. The van der Waals surface area contributed by atoms with E-state index in [1.165, 1.54) is 6.07 Å². The summed E-state index contributed by atoms with van der Waals surface area (Å²) in [7, 11) is -3.53. The third-order valence-electron chi connectivity index (χ3n) is 2.27. The van der Waals surface area contributed by atoms with Crippen LogP contribution < -0.4 is 10.9 Å². The summed E-state index contributed by atoms with van der Waals surface area (Å²) in [6.45, 7) is 1.71. The number of nitrogen functional groups attached to an aromatic ring is 1. The molecule has 0 radical (unpaired) electrons. The minimum absolute atomic E-state index is 0.194. The van der Waals surface area contributed by atoms with Gasteiger partial charge in [0.25, 0.3) is 0 Å². The van der Waals surface area contributed by atoms with Gasteiger partial charge < -0.3 is 5.73 Å². The molecule has 0 spiro atoms. The topological polar surface area (TPSA) is 86.2 Å². The lowest BCUT2D eigenvalue weighted by Gasteiger charge is -2.00. The van der Waals surface area contributed by atoms with Crippen molar-refractivity contribution >= 4 is 27.3 Å². The largest absolute Gasteiger partial charge is 0.399 e. The first-order valence-corrected chi connectivity index (χ1v) is 7.32. The van der Waals surface area contributed by atoms with E-state index >= 15 is 0 Å². The number of primary sulfonamides is 1. The number of aryl methyl sites for hydroxylation is 1. The fourth-order valence-electron chi connectivity index (χ4n) is 1.34. The molecule has 102 valence electrons. The van der Waals surface area contributed by atoms with Gasteiger partial charge in [-0.1, -0.05) is 29.8 Å². The Bertz CT molecular complexity index is 619. The van der Waals surface area contributed by atoms with Gasteiger partial charge in [-0.3, -0.25) is 0 Å². The Morgan fingerprint density at radius 2 is 1.53 bits per heavy atom. The van der Waals surface area contributed by atoms with Crippen molar-refractivity contribution in [1.82, 2.24) is 0 Å². The van der Waals surface area contributed by atoms with E-state index in [1.807, 2.05) is 0 Å². The van der Waals surface area contributed by atoms with Gasteiger partial charge in [0.15, 0.2) is 0 Å². The van der Waals surface area contributed by atoms with E-state index in [2.05, 4.69) is 0 Å². The lowest BCUT2D eigenvalue weighted by Crippen LogP contribution is -2.13. The van der Waals surface area contributed by atoms with Crippen LogP contribution in [0.25, 0.3) is 0 Å². The maximum atomic E-state index is 10.8. The predicted octanol–water partition coefficient (Wildman–Crippen LogP) is 2.56. The van der Waals surface area contributed by atoms with Crippen LogP contribution >= 0.6 is 11.6 Å². The second kappa shape index (κ2) is 6.56. The lowest BCUT2D eigenvalue weighted by atomic mass is 10.2. The Balaban J connectivity index is 0.000000200.